The van der Waals surface area contributed by atoms with E-state index in [0.29, 0.717) is 12.8 Å². The van der Waals surface area contributed by atoms with E-state index in [1.807, 2.05) is 0 Å². The van der Waals surface area contributed by atoms with Gasteiger partial charge < -0.3 is 5.32 Å². The van der Waals surface area contributed by atoms with E-state index in [1.165, 1.54) is 0 Å². The molecule has 152 valence electrons. The molecule has 0 unspecified atom stereocenters. The molecule has 1 saturated carbocycles. The summed E-state index contributed by atoms with van der Waals surface area (Å²) in [7, 11) is 0. The highest BCUT2D eigenvalue weighted by Gasteiger charge is 2.41. The van der Waals surface area contributed by atoms with E-state index in [0.717, 1.165) is 4.68 Å². The van der Waals surface area contributed by atoms with Crippen molar-refractivity contribution in [1.29, 1.82) is 0 Å². The number of carbonyl (C=O) groups is 1. The Morgan fingerprint density at radius 1 is 1.18 bits per heavy atom. The minimum atomic E-state index is -4.71. The number of aryl methyl sites for hydroxylation is 1. The van der Waals surface area contributed by atoms with Gasteiger partial charge in [0.1, 0.15) is 5.69 Å². The van der Waals surface area contributed by atoms with Crippen LogP contribution in [0.5, 0.6) is 0 Å². The Morgan fingerprint density at radius 2 is 1.75 bits per heavy atom. The summed E-state index contributed by atoms with van der Waals surface area (Å²) in [5.74, 6) is -8.16. The zero-order valence-corrected chi connectivity index (χ0v) is 15.4. The quantitative estimate of drug-likeness (QED) is 0.483. The molecule has 1 aromatic heterocycles. The van der Waals surface area contributed by atoms with E-state index in [1.54, 1.807) is 5.32 Å². The average molecular weight is 474 g/mol. The van der Waals surface area contributed by atoms with Crippen molar-refractivity contribution >= 4 is 27.5 Å². The van der Waals surface area contributed by atoms with Crippen LogP contribution in [0.2, 0.25) is 0 Å². The predicted molar refractivity (Wildman–Crippen MR) is 86.4 cm³/mol. The highest BCUT2D eigenvalue weighted by Crippen LogP contribution is 2.47. The van der Waals surface area contributed by atoms with Gasteiger partial charge in [0, 0.05) is 18.4 Å². The van der Waals surface area contributed by atoms with Crippen LogP contribution in [-0.4, -0.2) is 15.7 Å². The topological polar surface area (TPSA) is 46.9 Å². The maximum atomic E-state index is 13.6. The lowest BCUT2D eigenvalue weighted by atomic mass is 10.2. The Balaban J connectivity index is 1.78. The van der Waals surface area contributed by atoms with Crippen LogP contribution >= 0.6 is 15.9 Å². The molecule has 1 amide bonds. The lowest BCUT2D eigenvalue weighted by Gasteiger charge is -2.10. The fraction of sp³-hybridized carbons (Fsp3) is 0.375. The summed E-state index contributed by atoms with van der Waals surface area (Å²) < 4.78 is 93.4. The van der Waals surface area contributed by atoms with Crippen molar-refractivity contribution in [2.24, 2.45) is 0 Å². The molecule has 1 heterocycles. The number of amides is 1. The van der Waals surface area contributed by atoms with Gasteiger partial charge in [0.15, 0.2) is 29.0 Å². The number of halogens is 8. The molecule has 1 N–H and O–H groups in total. The average Bonchev–Trinajstić information content (AvgIpc) is 3.37. The number of aromatic nitrogens is 2. The van der Waals surface area contributed by atoms with Crippen LogP contribution in [0.1, 0.15) is 36.6 Å². The summed E-state index contributed by atoms with van der Waals surface area (Å²) in [4.78, 5) is 11.9. The second kappa shape index (κ2) is 7.37. The van der Waals surface area contributed by atoms with Crippen molar-refractivity contribution in [3.05, 3.63) is 45.2 Å². The normalized spacial score (nSPS) is 14.4. The minimum Gasteiger partial charge on any atom is -0.321 e. The maximum absolute atomic E-state index is 13.6. The number of nitrogens with one attached hydrogen (secondary N) is 1. The Hall–Kier alpha value is -2.11. The third-order valence-electron chi connectivity index (χ3n) is 4.09. The second-order valence-electron chi connectivity index (χ2n) is 6.18. The van der Waals surface area contributed by atoms with E-state index in [2.05, 4.69) is 21.0 Å². The highest BCUT2D eigenvalue weighted by atomic mass is 79.9. The zero-order valence-electron chi connectivity index (χ0n) is 13.8. The largest absolute Gasteiger partial charge is 0.436 e. The monoisotopic (exact) mass is 473 g/mol. The fourth-order valence-corrected chi connectivity index (χ4v) is 3.48. The molecule has 2 aromatic rings. The number of rotatable bonds is 5. The van der Waals surface area contributed by atoms with Crippen LogP contribution in [0, 0.1) is 23.3 Å². The first kappa shape index (κ1) is 20.6. The number of hydrogen-bond donors (Lipinski definition) is 1. The number of nitrogens with zero attached hydrogens (tertiary/aromatic N) is 2. The van der Waals surface area contributed by atoms with E-state index < -0.39 is 53.2 Å². The van der Waals surface area contributed by atoms with Gasteiger partial charge >= 0.3 is 6.18 Å². The molecule has 3 rings (SSSR count). The van der Waals surface area contributed by atoms with E-state index in [9.17, 15) is 35.5 Å². The first-order valence-electron chi connectivity index (χ1n) is 7.97. The third-order valence-corrected chi connectivity index (χ3v) is 4.87. The molecule has 0 atom stereocenters. The number of benzene rings is 1. The van der Waals surface area contributed by atoms with Crippen LogP contribution in [-0.2, 0) is 17.5 Å². The first-order chi connectivity index (χ1) is 13.0. The van der Waals surface area contributed by atoms with Gasteiger partial charge in [0.05, 0.1) is 16.7 Å². The molecule has 0 bridgehead atoms. The molecule has 1 aromatic carbocycles. The Kier molecular flexibility index (Phi) is 5.43. The van der Waals surface area contributed by atoms with Crippen molar-refractivity contribution in [2.45, 2.75) is 37.9 Å². The molecular formula is C16H11BrF7N3O. The van der Waals surface area contributed by atoms with Crippen molar-refractivity contribution in [3.63, 3.8) is 0 Å². The summed E-state index contributed by atoms with van der Waals surface area (Å²) in [6.07, 6.45) is -3.91. The lowest BCUT2D eigenvalue weighted by molar-refractivity contribution is -0.142. The number of alkyl halides is 3. The van der Waals surface area contributed by atoms with E-state index >= 15 is 0 Å². The predicted octanol–water partition coefficient (Wildman–Crippen LogP) is 5.13. The van der Waals surface area contributed by atoms with E-state index in [-0.39, 0.29) is 28.7 Å². The van der Waals surface area contributed by atoms with Crippen LogP contribution < -0.4 is 5.32 Å². The molecule has 12 heteroatoms. The van der Waals surface area contributed by atoms with Gasteiger partial charge in [-0.1, -0.05) is 0 Å². The molecule has 1 fully saturated rings. The van der Waals surface area contributed by atoms with E-state index in [4.69, 9.17) is 0 Å². The minimum absolute atomic E-state index is 0.0117. The van der Waals surface area contributed by atoms with Crippen molar-refractivity contribution in [3.8, 4) is 0 Å². The van der Waals surface area contributed by atoms with Gasteiger partial charge in [-0.05, 0) is 28.8 Å². The van der Waals surface area contributed by atoms with Crippen molar-refractivity contribution in [1.82, 2.24) is 9.78 Å². The summed E-state index contributed by atoms with van der Waals surface area (Å²) in [5, 5.41) is 5.18. The van der Waals surface area contributed by atoms with Crippen molar-refractivity contribution in [2.75, 3.05) is 5.32 Å². The summed E-state index contributed by atoms with van der Waals surface area (Å²) >= 11 is 2.89. The van der Waals surface area contributed by atoms with Crippen LogP contribution in [0.25, 0.3) is 0 Å². The Labute approximate surface area is 161 Å². The summed E-state index contributed by atoms with van der Waals surface area (Å²) in [5.41, 5.74) is -2.17. The molecular weight excluding hydrogens is 463 g/mol. The first-order valence-corrected chi connectivity index (χ1v) is 8.76. The molecule has 1 aliphatic rings. The number of carbonyl (C=O) groups excluding carboxylic acids is 1. The lowest BCUT2D eigenvalue weighted by Crippen LogP contribution is -2.19. The van der Waals surface area contributed by atoms with Crippen LogP contribution in [0.3, 0.4) is 0 Å². The Bertz CT molecular complexity index is 911. The summed E-state index contributed by atoms with van der Waals surface area (Å²) in [6.45, 7) is -0.326. The van der Waals surface area contributed by atoms with Crippen molar-refractivity contribution < 1.29 is 35.5 Å². The van der Waals surface area contributed by atoms with Gasteiger partial charge in [0.2, 0.25) is 5.91 Å². The van der Waals surface area contributed by atoms with Gasteiger partial charge in [0.25, 0.3) is 0 Å². The zero-order chi connectivity index (χ0) is 20.8. The molecule has 0 radical (unpaired) electrons. The standard InChI is InChI=1S/C16H11BrF7N3O/c17-10-14(6-1-2-6)27(26-15(10)16(22,23)24)4-3-9(28)25-13-11(20)7(18)5-8(19)12(13)21/h5-6H,1-4H2,(H,25,28). The number of hydrogen-bond acceptors (Lipinski definition) is 2. The molecule has 1 aliphatic carbocycles. The molecule has 28 heavy (non-hydrogen) atoms. The van der Waals surface area contributed by atoms with Crippen LogP contribution in [0.15, 0.2) is 10.5 Å². The maximum Gasteiger partial charge on any atom is 0.436 e. The van der Waals surface area contributed by atoms with Gasteiger partial charge in [-0.15, -0.1) is 0 Å². The third kappa shape index (κ3) is 4.01. The summed E-state index contributed by atoms with van der Waals surface area (Å²) in [6, 6.07) is -0.0117. The highest BCUT2D eigenvalue weighted by molar-refractivity contribution is 9.10. The molecule has 0 spiro atoms. The second-order valence-corrected chi connectivity index (χ2v) is 6.98. The van der Waals surface area contributed by atoms with Crippen LogP contribution in [0.4, 0.5) is 36.4 Å². The van der Waals surface area contributed by atoms with Gasteiger partial charge in [-0.2, -0.15) is 18.3 Å². The smallest absolute Gasteiger partial charge is 0.321 e. The molecule has 4 nitrogen and oxygen atoms in total. The van der Waals surface area contributed by atoms with Gasteiger partial charge in [-0.25, -0.2) is 17.6 Å². The van der Waals surface area contributed by atoms with Gasteiger partial charge in [-0.3, -0.25) is 9.48 Å². The molecule has 0 saturated heterocycles. The fourth-order valence-electron chi connectivity index (χ4n) is 2.64. The number of anilines is 1. The Morgan fingerprint density at radius 3 is 2.25 bits per heavy atom. The molecule has 0 aliphatic heterocycles. The SMILES string of the molecule is O=C(CCn1nc(C(F)(F)F)c(Br)c1C1CC1)Nc1c(F)c(F)cc(F)c1F.